The summed E-state index contributed by atoms with van der Waals surface area (Å²) in [5.74, 6) is 0.00728. The monoisotopic (exact) mass is 521 g/mol. The molecule has 0 aromatic heterocycles. The first-order chi connectivity index (χ1) is 19.6. The van der Waals surface area contributed by atoms with Crippen molar-refractivity contribution in [1.29, 1.82) is 0 Å². The molecule has 1 N–H and O–H groups in total. The molecular weight excluding hydrogens is 494 g/mol. The van der Waals surface area contributed by atoms with Crippen molar-refractivity contribution in [2.45, 2.75) is 13.0 Å². The van der Waals surface area contributed by atoms with Crippen LogP contribution in [0.5, 0.6) is 11.5 Å². The van der Waals surface area contributed by atoms with Gasteiger partial charge in [0, 0.05) is 22.3 Å². The molecule has 0 aliphatic heterocycles. The van der Waals surface area contributed by atoms with Gasteiger partial charge < -0.3 is 9.84 Å². The zero-order valence-corrected chi connectivity index (χ0v) is 22.0. The van der Waals surface area contributed by atoms with Crippen LogP contribution in [0, 0.1) is 0 Å². The molecule has 4 nitrogen and oxygen atoms in total. The summed E-state index contributed by atoms with van der Waals surface area (Å²) in [5, 5.41) is 14.8. The van der Waals surface area contributed by atoms with Gasteiger partial charge in [-0.3, -0.25) is 4.99 Å². The molecule has 0 spiro atoms. The zero-order chi connectivity index (χ0) is 27.5. The third-order valence-electron chi connectivity index (χ3n) is 7.02. The number of hydrogen-bond acceptors (Lipinski definition) is 4. The van der Waals surface area contributed by atoms with Gasteiger partial charge in [0.15, 0.2) is 0 Å². The number of fused-ring (bicyclic) bond motifs is 2. The lowest BCUT2D eigenvalue weighted by Gasteiger charge is -2.18. The Balaban J connectivity index is 1.45. The highest BCUT2D eigenvalue weighted by Gasteiger charge is 2.22. The molecule has 0 bridgehead atoms. The molecule has 0 amide bonds. The van der Waals surface area contributed by atoms with Gasteiger partial charge in [-0.1, -0.05) is 121 Å². The quantitative estimate of drug-likeness (QED) is 0.137. The molecule has 0 saturated heterocycles. The lowest BCUT2D eigenvalue weighted by Crippen LogP contribution is -2.23. The molecule has 6 aromatic rings. The second-order valence-corrected chi connectivity index (χ2v) is 9.65. The van der Waals surface area contributed by atoms with Crippen molar-refractivity contribution >= 4 is 33.2 Å². The maximum absolute atomic E-state index is 13.6. The summed E-state index contributed by atoms with van der Waals surface area (Å²) in [4.78, 5) is 18.4. The first kappa shape index (κ1) is 25.1. The van der Waals surface area contributed by atoms with E-state index in [4.69, 9.17) is 9.73 Å². The van der Waals surface area contributed by atoms with Crippen molar-refractivity contribution in [2.75, 3.05) is 0 Å². The van der Waals surface area contributed by atoms with E-state index in [1.165, 1.54) is 0 Å². The van der Waals surface area contributed by atoms with Gasteiger partial charge in [0.1, 0.15) is 17.5 Å². The number of phenolic OH excluding ortho intramolecular Hbond substituents is 1. The highest BCUT2D eigenvalue weighted by Crippen LogP contribution is 2.45. The summed E-state index contributed by atoms with van der Waals surface area (Å²) < 4.78 is 6.09. The topological polar surface area (TPSA) is 58.9 Å². The lowest BCUT2D eigenvalue weighted by molar-refractivity contribution is -0.135. The van der Waals surface area contributed by atoms with Gasteiger partial charge in [-0.15, -0.1) is 0 Å². The van der Waals surface area contributed by atoms with Gasteiger partial charge in [-0.25, -0.2) is 4.79 Å². The molecule has 6 rings (SSSR count). The average Bonchev–Trinajstić information content (AvgIpc) is 3.01. The number of benzene rings is 6. The van der Waals surface area contributed by atoms with Crippen molar-refractivity contribution in [1.82, 2.24) is 0 Å². The smallest absolute Gasteiger partial charge is 0.335 e. The highest BCUT2D eigenvalue weighted by molar-refractivity contribution is 6.14. The fourth-order valence-electron chi connectivity index (χ4n) is 5.07. The molecular formula is C36H27NO3. The van der Waals surface area contributed by atoms with E-state index in [0.29, 0.717) is 16.9 Å². The molecule has 40 heavy (non-hydrogen) atoms. The summed E-state index contributed by atoms with van der Waals surface area (Å²) in [6.45, 7) is 1.74. The highest BCUT2D eigenvalue weighted by atomic mass is 16.5. The van der Waals surface area contributed by atoms with Crippen LogP contribution in [0.25, 0.3) is 32.7 Å². The van der Waals surface area contributed by atoms with E-state index in [-0.39, 0.29) is 5.75 Å². The molecule has 1 atom stereocenters. The first-order valence-corrected chi connectivity index (χ1v) is 13.2. The average molecular weight is 522 g/mol. The fraction of sp³-hybridized carbons (Fsp3) is 0.0556. The van der Waals surface area contributed by atoms with Crippen LogP contribution in [0.4, 0.5) is 0 Å². The van der Waals surface area contributed by atoms with E-state index < -0.39 is 12.0 Å². The number of esters is 1. The Kier molecular flexibility index (Phi) is 6.82. The van der Waals surface area contributed by atoms with E-state index in [9.17, 15) is 9.90 Å². The second kappa shape index (κ2) is 10.9. The molecule has 0 radical (unpaired) electrons. The number of hydrogen-bond donors (Lipinski definition) is 1. The number of ether oxygens (including phenoxy) is 1. The van der Waals surface area contributed by atoms with E-state index in [1.54, 1.807) is 19.1 Å². The summed E-state index contributed by atoms with van der Waals surface area (Å²) in [7, 11) is 0. The standard InChI is InChI=1S/C36H27NO3/c1-24(37-35(27-14-4-2-5-15-27)28-16-6-3-7-17-28)36(39)40-32-23-21-26-13-9-11-19-30(26)34(32)33-29-18-10-8-12-25(29)20-22-31(33)38/h2-24,38H,1H3/t24-/m1/s1. The SMILES string of the molecule is C[C@@H](N=C(c1ccccc1)c1ccccc1)C(=O)Oc1ccc2ccccc2c1-c1c(O)ccc2ccccc12. The molecule has 194 valence electrons. The Morgan fingerprint density at radius 1 is 0.625 bits per heavy atom. The Labute approximate surface area is 232 Å². The van der Waals surface area contributed by atoms with Crippen LogP contribution < -0.4 is 4.74 Å². The van der Waals surface area contributed by atoms with E-state index in [0.717, 1.165) is 38.4 Å². The number of aliphatic imine (C=N–C) groups is 1. The van der Waals surface area contributed by atoms with Gasteiger partial charge in [0.05, 0.1) is 5.71 Å². The zero-order valence-electron chi connectivity index (χ0n) is 22.0. The van der Waals surface area contributed by atoms with Crippen molar-refractivity contribution in [2.24, 2.45) is 4.99 Å². The number of phenols is 1. The van der Waals surface area contributed by atoms with Crippen LogP contribution in [0.3, 0.4) is 0 Å². The summed E-state index contributed by atoms with van der Waals surface area (Å²) in [5.41, 5.74) is 3.85. The summed E-state index contributed by atoms with van der Waals surface area (Å²) >= 11 is 0. The lowest BCUT2D eigenvalue weighted by atomic mass is 9.92. The molecule has 0 heterocycles. The Morgan fingerprint density at radius 2 is 1.12 bits per heavy atom. The number of rotatable bonds is 6. The maximum atomic E-state index is 13.6. The molecule has 0 aliphatic carbocycles. The molecule has 0 fully saturated rings. The van der Waals surface area contributed by atoms with E-state index in [2.05, 4.69) is 0 Å². The molecule has 0 unspecified atom stereocenters. The molecule has 0 saturated carbocycles. The van der Waals surface area contributed by atoms with Crippen molar-refractivity contribution in [3.63, 3.8) is 0 Å². The van der Waals surface area contributed by atoms with Crippen LogP contribution in [-0.4, -0.2) is 22.8 Å². The van der Waals surface area contributed by atoms with E-state index in [1.807, 2.05) is 121 Å². The number of nitrogens with zero attached hydrogens (tertiary/aromatic N) is 1. The third-order valence-corrected chi connectivity index (χ3v) is 7.02. The predicted octanol–water partition coefficient (Wildman–Crippen LogP) is 8.20. The minimum atomic E-state index is -0.782. The summed E-state index contributed by atoms with van der Waals surface area (Å²) in [6.07, 6.45) is 0. The summed E-state index contributed by atoms with van der Waals surface area (Å²) in [6, 6.07) is 41.9. The number of aromatic hydroxyl groups is 1. The Hall–Kier alpha value is -5.22. The fourth-order valence-corrected chi connectivity index (χ4v) is 5.07. The van der Waals surface area contributed by atoms with Crippen molar-refractivity contribution in [3.8, 4) is 22.6 Å². The largest absolute Gasteiger partial charge is 0.507 e. The van der Waals surface area contributed by atoms with Gasteiger partial charge in [-0.05, 0) is 40.6 Å². The van der Waals surface area contributed by atoms with Crippen LogP contribution >= 0.6 is 0 Å². The van der Waals surface area contributed by atoms with Crippen LogP contribution in [0.2, 0.25) is 0 Å². The third kappa shape index (κ3) is 4.83. The maximum Gasteiger partial charge on any atom is 0.335 e. The minimum Gasteiger partial charge on any atom is -0.507 e. The van der Waals surface area contributed by atoms with E-state index >= 15 is 0 Å². The first-order valence-electron chi connectivity index (χ1n) is 13.2. The van der Waals surface area contributed by atoms with Crippen LogP contribution in [0.15, 0.2) is 138 Å². The number of carbonyl (C=O) groups is 1. The van der Waals surface area contributed by atoms with Gasteiger partial charge in [0.2, 0.25) is 0 Å². The normalized spacial score (nSPS) is 11.7. The van der Waals surface area contributed by atoms with Crippen LogP contribution in [-0.2, 0) is 4.79 Å². The Morgan fingerprint density at radius 3 is 1.73 bits per heavy atom. The van der Waals surface area contributed by atoms with Gasteiger partial charge in [0.25, 0.3) is 0 Å². The number of carbonyl (C=O) groups excluding carboxylic acids is 1. The molecule has 4 heteroatoms. The molecule has 6 aromatic carbocycles. The molecule has 0 aliphatic rings. The van der Waals surface area contributed by atoms with Crippen LogP contribution in [0.1, 0.15) is 18.1 Å². The van der Waals surface area contributed by atoms with Crippen molar-refractivity contribution < 1.29 is 14.6 Å². The Bertz CT molecular complexity index is 1820. The van der Waals surface area contributed by atoms with Gasteiger partial charge >= 0.3 is 5.97 Å². The van der Waals surface area contributed by atoms with Gasteiger partial charge in [-0.2, -0.15) is 0 Å². The predicted molar refractivity (Wildman–Crippen MR) is 162 cm³/mol. The van der Waals surface area contributed by atoms with Crippen molar-refractivity contribution in [3.05, 3.63) is 145 Å². The second-order valence-electron chi connectivity index (χ2n) is 9.65. The minimum absolute atomic E-state index is 0.119.